The molecule has 31 heavy (non-hydrogen) atoms. The fourth-order valence-corrected chi connectivity index (χ4v) is 4.58. The second-order valence-electron chi connectivity index (χ2n) is 6.88. The van der Waals surface area contributed by atoms with Crippen LogP contribution < -0.4 is 10.6 Å². The molecule has 10 heteroatoms. The molecule has 0 aliphatic carbocycles. The van der Waals surface area contributed by atoms with E-state index in [2.05, 4.69) is 32.5 Å². The van der Waals surface area contributed by atoms with Crippen LogP contribution in [0.3, 0.4) is 0 Å². The largest absolute Gasteiger partial charge is 0.390 e. The van der Waals surface area contributed by atoms with Gasteiger partial charge in [0.1, 0.15) is 11.6 Å². The lowest BCUT2D eigenvalue weighted by Gasteiger charge is -2.13. The number of nitrogens with zero attached hydrogens (tertiary/aromatic N) is 4. The van der Waals surface area contributed by atoms with Crippen LogP contribution in [-0.2, 0) is 18.9 Å². The number of alkyl halides is 1. The van der Waals surface area contributed by atoms with Crippen molar-refractivity contribution in [2.75, 3.05) is 10.6 Å². The van der Waals surface area contributed by atoms with Crippen LogP contribution in [0.2, 0.25) is 0 Å². The first kappa shape index (κ1) is 21.6. The second-order valence-corrected chi connectivity index (χ2v) is 8.90. The maximum atomic E-state index is 9.82. The van der Waals surface area contributed by atoms with Crippen LogP contribution in [0.5, 0.6) is 0 Å². The predicted molar refractivity (Wildman–Crippen MR) is 127 cm³/mol. The molecule has 0 bridgehead atoms. The topological polar surface area (TPSA) is 95.9 Å². The van der Waals surface area contributed by atoms with Crippen LogP contribution in [0, 0.1) is 0 Å². The van der Waals surface area contributed by atoms with Gasteiger partial charge in [-0.15, -0.1) is 34.3 Å². The Kier molecular flexibility index (Phi) is 7.08. The van der Waals surface area contributed by atoms with E-state index in [-0.39, 0.29) is 12.5 Å². The number of nitrogens with one attached hydrogen (secondary N) is 2. The number of aromatic nitrogens is 4. The number of hydrogen-bond donors (Lipinski definition) is 3. The fourth-order valence-electron chi connectivity index (χ4n) is 3.05. The van der Waals surface area contributed by atoms with Gasteiger partial charge in [0.05, 0.1) is 29.6 Å². The molecule has 0 aliphatic heterocycles. The molecule has 4 rings (SSSR count). The van der Waals surface area contributed by atoms with E-state index in [1.165, 1.54) is 22.7 Å². The van der Waals surface area contributed by atoms with Crippen molar-refractivity contribution in [2.24, 2.45) is 0 Å². The highest BCUT2D eigenvalue weighted by Gasteiger charge is 2.15. The van der Waals surface area contributed by atoms with Gasteiger partial charge in [0.2, 0.25) is 0 Å². The van der Waals surface area contributed by atoms with E-state index in [9.17, 15) is 5.11 Å². The van der Waals surface area contributed by atoms with Crippen LogP contribution in [-0.4, -0.2) is 25.0 Å². The zero-order chi connectivity index (χ0) is 21.6. The van der Waals surface area contributed by atoms with Gasteiger partial charge in [0.25, 0.3) is 0 Å². The van der Waals surface area contributed by atoms with Crippen LogP contribution >= 0.6 is 34.3 Å². The zero-order valence-corrected chi connectivity index (χ0v) is 19.1. The highest BCUT2D eigenvalue weighted by atomic mass is 35.5. The smallest absolute Gasteiger partial charge is 0.188 e. The first-order valence-electron chi connectivity index (χ1n) is 9.65. The van der Waals surface area contributed by atoms with Crippen LogP contribution in [0.15, 0.2) is 47.3 Å². The number of hydrogen-bond acceptors (Lipinski definition) is 9. The second kappa shape index (κ2) is 10.1. The average molecular weight is 473 g/mol. The van der Waals surface area contributed by atoms with Crippen LogP contribution in [0.25, 0.3) is 0 Å². The van der Waals surface area contributed by atoms with E-state index >= 15 is 0 Å². The predicted octanol–water partition coefficient (Wildman–Crippen LogP) is 5.45. The van der Waals surface area contributed by atoms with Gasteiger partial charge >= 0.3 is 0 Å². The molecule has 0 spiro atoms. The van der Waals surface area contributed by atoms with Gasteiger partial charge in [0.15, 0.2) is 10.3 Å². The van der Waals surface area contributed by atoms with Gasteiger partial charge < -0.3 is 15.7 Å². The lowest BCUT2D eigenvalue weighted by molar-refractivity contribution is 0.275. The third-order valence-electron chi connectivity index (χ3n) is 4.62. The molecule has 4 aromatic rings. The Morgan fingerprint density at radius 2 is 1.87 bits per heavy atom. The standard InChI is InChI=1S/C21H21ClN6OS2/c1-13(17-12-31-21(26-17)28-18-4-2-3-15(10-22)24-18)9-14-5-6-19(25-16(14)11-29)27-20-23-7-8-30-20/h2-8,12-13,29H,9-11H2,1H3,(H,23,25,27)(H,24,26,28)/t13-/m0/s1. The Balaban J connectivity index is 1.43. The summed E-state index contributed by atoms with van der Waals surface area (Å²) in [4.78, 5) is 17.9. The maximum absolute atomic E-state index is 9.82. The molecule has 0 radical (unpaired) electrons. The monoisotopic (exact) mass is 472 g/mol. The van der Waals surface area contributed by atoms with Crippen molar-refractivity contribution in [3.63, 3.8) is 0 Å². The highest BCUT2D eigenvalue weighted by Crippen LogP contribution is 2.28. The summed E-state index contributed by atoms with van der Waals surface area (Å²) >= 11 is 8.90. The Morgan fingerprint density at radius 1 is 1.03 bits per heavy atom. The minimum atomic E-state index is -0.123. The zero-order valence-electron chi connectivity index (χ0n) is 16.7. The molecular weight excluding hydrogens is 452 g/mol. The molecule has 0 saturated carbocycles. The number of pyridine rings is 2. The van der Waals surface area contributed by atoms with E-state index in [0.29, 0.717) is 17.4 Å². The SMILES string of the molecule is C[C@@H](Cc1ccc(Nc2nccs2)nc1CO)c1csc(Nc2cccc(CCl)n2)n1. The molecule has 0 unspecified atom stereocenters. The normalized spacial score (nSPS) is 12.0. The van der Waals surface area contributed by atoms with Crippen molar-refractivity contribution >= 4 is 56.2 Å². The number of halogens is 1. The summed E-state index contributed by atoms with van der Waals surface area (Å²) < 4.78 is 0. The quantitative estimate of drug-likeness (QED) is 0.278. The molecule has 3 N–H and O–H groups in total. The summed E-state index contributed by atoms with van der Waals surface area (Å²) in [5.74, 6) is 1.93. The first-order chi connectivity index (χ1) is 15.1. The number of aliphatic hydroxyl groups is 1. The van der Waals surface area contributed by atoms with Crippen molar-refractivity contribution in [1.82, 2.24) is 19.9 Å². The van der Waals surface area contributed by atoms with Gasteiger partial charge in [0, 0.05) is 22.9 Å². The third kappa shape index (κ3) is 5.56. The lowest BCUT2D eigenvalue weighted by Crippen LogP contribution is -2.06. The summed E-state index contributed by atoms with van der Waals surface area (Å²) in [5.41, 5.74) is 3.45. The van der Waals surface area contributed by atoms with Crippen molar-refractivity contribution in [3.05, 3.63) is 69.9 Å². The number of thiazole rings is 2. The molecule has 0 aromatic carbocycles. The molecule has 0 amide bonds. The number of rotatable bonds is 9. The molecular formula is C21H21ClN6OS2. The van der Waals surface area contributed by atoms with Gasteiger partial charge in [-0.2, -0.15) is 0 Å². The van der Waals surface area contributed by atoms with Crippen molar-refractivity contribution in [3.8, 4) is 0 Å². The molecule has 0 saturated heterocycles. The summed E-state index contributed by atoms with van der Waals surface area (Å²) in [6.07, 6.45) is 2.46. The van der Waals surface area contributed by atoms with Crippen molar-refractivity contribution < 1.29 is 5.11 Å². The molecule has 7 nitrogen and oxygen atoms in total. The summed E-state index contributed by atoms with van der Waals surface area (Å²) in [5, 5.41) is 21.7. The van der Waals surface area contributed by atoms with Crippen LogP contribution in [0.4, 0.5) is 21.9 Å². The Labute approximate surface area is 193 Å². The lowest BCUT2D eigenvalue weighted by atomic mass is 9.97. The Morgan fingerprint density at radius 3 is 2.65 bits per heavy atom. The fraction of sp³-hybridized carbons (Fsp3) is 0.238. The highest BCUT2D eigenvalue weighted by molar-refractivity contribution is 7.14. The average Bonchev–Trinajstić information content (AvgIpc) is 3.47. The molecule has 160 valence electrons. The summed E-state index contributed by atoms with van der Waals surface area (Å²) in [7, 11) is 0. The first-order valence-corrected chi connectivity index (χ1v) is 11.9. The van der Waals surface area contributed by atoms with Gasteiger partial charge in [-0.3, -0.25) is 0 Å². The van der Waals surface area contributed by atoms with E-state index in [1.54, 1.807) is 6.20 Å². The molecule has 4 heterocycles. The number of aliphatic hydroxyl groups excluding tert-OH is 1. The van der Waals surface area contributed by atoms with E-state index in [1.807, 2.05) is 41.1 Å². The maximum Gasteiger partial charge on any atom is 0.188 e. The summed E-state index contributed by atoms with van der Waals surface area (Å²) in [6.45, 7) is 2.00. The molecule has 4 aromatic heterocycles. The molecule has 1 atom stereocenters. The van der Waals surface area contributed by atoms with Crippen LogP contribution in [0.1, 0.15) is 35.5 Å². The van der Waals surface area contributed by atoms with E-state index in [4.69, 9.17) is 16.6 Å². The number of anilines is 4. The summed E-state index contributed by atoms with van der Waals surface area (Å²) in [6, 6.07) is 9.60. The molecule has 0 fully saturated rings. The van der Waals surface area contributed by atoms with Crippen molar-refractivity contribution in [1.29, 1.82) is 0 Å². The van der Waals surface area contributed by atoms with Gasteiger partial charge in [-0.05, 0) is 30.2 Å². The molecule has 0 aliphatic rings. The Bertz CT molecular complexity index is 1130. The van der Waals surface area contributed by atoms with Crippen molar-refractivity contribution in [2.45, 2.75) is 31.7 Å². The minimum absolute atomic E-state index is 0.123. The minimum Gasteiger partial charge on any atom is -0.390 e. The Hall–Kier alpha value is -2.59. The van der Waals surface area contributed by atoms with E-state index < -0.39 is 0 Å². The third-order valence-corrected chi connectivity index (χ3v) is 6.36. The van der Waals surface area contributed by atoms with Gasteiger partial charge in [-0.1, -0.05) is 19.1 Å². The van der Waals surface area contributed by atoms with E-state index in [0.717, 1.165) is 39.5 Å². The van der Waals surface area contributed by atoms with Gasteiger partial charge in [-0.25, -0.2) is 19.9 Å².